The highest BCUT2D eigenvalue weighted by molar-refractivity contribution is 5.98. The molecule has 0 aliphatic heterocycles. The molecule has 0 saturated carbocycles. The van der Waals surface area contributed by atoms with E-state index in [1.54, 1.807) is 48.9 Å². The van der Waals surface area contributed by atoms with E-state index in [1.165, 1.54) is 16.7 Å². The molecule has 4 rings (SSSR count). The first-order chi connectivity index (χ1) is 15.0. The van der Waals surface area contributed by atoms with Gasteiger partial charge in [0.15, 0.2) is 0 Å². The number of hydrogen-bond acceptors (Lipinski definition) is 5. The zero-order valence-corrected chi connectivity index (χ0v) is 16.5. The molecule has 8 heteroatoms. The Bertz CT molecular complexity index is 1320. The van der Waals surface area contributed by atoms with E-state index in [0.717, 1.165) is 16.7 Å². The van der Waals surface area contributed by atoms with Gasteiger partial charge in [-0.25, -0.2) is 4.39 Å². The lowest BCUT2D eigenvalue weighted by molar-refractivity contribution is 0.0995. The highest BCUT2D eigenvalue weighted by Crippen LogP contribution is 2.22. The molecule has 4 aromatic rings. The summed E-state index contributed by atoms with van der Waals surface area (Å²) in [4.78, 5) is 33.6. The summed E-state index contributed by atoms with van der Waals surface area (Å²) in [5.74, 6) is -1.24. The maximum absolute atomic E-state index is 13.2. The van der Waals surface area contributed by atoms with Gasteiger partial charge in [0.05, 0.1) is 24.2 Å². The van der Waals surface area contributed by atoms with E-state index < -0.39 is 18.1 Å². The van der Waals surface area contributed by atoms with Crippen LogP contribution in [-0.2, 0) is 19.6 Å². The van der Waals surface area contributed by atoms with Gasteiger partial charge < -0.3 is 15.4 Å². The van der Waals surface area contributed by atoms with Crippen molar-refractivity contribution in [3.8, 4) is 0 Å². The number of aromatic nitrogens is 3. The Hall–Kier alpha value is -3.91. The van der Waals surface area contributed by atoms with Crippen molar-refractivity contribution in [1.82, 2.24) is 14.5 Å². The zero-order valence-electron chi connectivity index (χ0n) is 16.5. The fourth-order valence-electron chi connectivity index (χ4n) is 3.60. The molecule has 3 aromatic heterocycles. The molecular formula is C23H19FN4O3. The van der Waals surface area contributed by atoms with Gasteiger partial charge in [-0.2, -0.15) is 0 Å². The number of halogens is 1. The SMILES string of the molecule is NC(=O)c1c(CO)c2ncc(Cc3ccc(F)cc3)cc2n(Cc2ccncc2)c1=O. The second kappa shape index (κ2) is 8.45. The van der Waals surface area contributed by atoms with Gasteiger partial charge in [0.2, 0.25) is 0 Å². The average Bonchev–Trinajstić information content (AvgIpc) is 2.77. The van der Waals surface area contributed by atoms with Gasteiger partial charge in [-0.1, -0.05) is 12.1 Å². The Morgan fingerprint density at radius 3 is 2.42 bits per heavy atom. The number of amides is 1. The Labute approximate surface area is 176 Å². The molecule has 0 atom stereocenters. The first kappa shape index (κ1) is 20.4. The summed E-state index contributed by atoms with van der Waals surface area (Å²) < 4.78 is 14.6. The molecule has 0 spiro atoms. The maximum atomic E-state index is 13.2. The molecule has 3 N–H and O–H groups in total. The Morgan fingerprint density at radius 2 is 1.77 bits per heavy atom. The predicted molar refractivity (Wildman–Crippen MR) is 113 cm³/mol. The van der Waals surface area contributed by atoms with Crippen LogP contribution in [-0.4, -0.2) is 25.5 Å². The topological polar surface area (TPSA) is 111 Å². The maximum Gasteiger partial charge on any atom is 0.264 e. The summed E-state index contributed by atoms with van der Waals surface area (Å²) in [6.07, 6.45) is 5.30. The molecule has 0 aliphatic rings. The Morgan fingerprint density at radius 1 is 1.06 bits per heavy atom. The molecule has 1 amide bonds. The van der Waals surface area contributed by atoms with Crippen LogP contribution >= 0.6 is 0 Å². The highest BCUT2D eigenvalue weighted by Gasteiger charge is 2.21. The van der Waals surface area contributed by atoms with E-state index >= 15 is 0 Å². The fourth-order valence-corrected chi connectivity index (χ4v) is 3.60. The standard InChI is InChI=1S/C23H19FN4O3/c24-17-3-1-14(2-4-17)9-16-10-19-21(27-11-16)18(13-29)20(22(25)30)23(31)28(19)12-15-5-7-26-8-6-15/h1-8,10-11,29H,9,12-13H2,(H2,25,30). The molecule has 0 fully saturated rings. The van der Waals surface area contributed by atoms with Crippen LogP contribution in [0.3, 0.4) is 0 Å². The second-order valence-electron chi connectivity index (χ2n) is 7.14. The summed E-state index contributed by atoms with van der Waals surface area (Å²) in [6.45, 7) is -0.379. The number of aliphatic hydroxyl groups is 1. The molecule has 0 radical (unpaired) electrons. The molecule has 156 valence electrons. The third-order valence-electron chi connectivity index (χ3n) is 5.08. The van der Waals surface area contributed by atoms with E-state index in [2.05, 4.69) is 9.97 Å². The van der Waals surface area contributed by atoms with Crippen molar-refractivity contribution in [1.29, 1.82) is 0 Å². The van der Waals surface area contributed by atoms with Crippen molar-refractivity contribution in [2.75, 3.05) is 0 Å². The molecule has 7 nitrogen and oxygen atoms in total. The quantitative estimate of drug-likeness (QED) is 0.499. The van der Waals surface area contributed by atoms with Crippen LogP contribution in [0.5, 0.6) is 0 Å². The number of rotatable bonds is 6. The van der Waals surface area contributed by atoms with Crippen LogP contribution in [0, 0.1) is 5.82 Å². The summed E-state index contributed by atoms with van der Waals surface area (Å²) in [5, 5.41) is 9.86. The first-order valence-corrected chi connectivity index (χ1v) is 9.56. The van der Waals surface area contributed by atoms with E-state index in [1.807, 2.05) is 0 Å². The number of fused-ring (bicyclic) bond motifs is 1. The molecule has 0 unspecified atom stereocenters. The van der Waals surface area contributed by atoms with Gasteiger partial charge in [-0.3, -0.25) is 19.6 Å². The third-order valence-corrected chi connectivity index (χ3v) is 5.08. The lowest BCUT2D eigenvalue weighted by Gasteiger charge is -2.16. The first-order valence-electron chi connectivity index (χ1n) is 9.56. The smallest absolute Gasteiger partial charge is 0.264 e. The number of primary amides is 1. The van der Waals surface area contributed by atoms with Crippen molar-refractivity contribution in [3.63, 3.8) is 0 Å². The van der Waals surface area contributed by atoms with E-state index in [9.17, 15) is 19.1 Å². The number of nitrogens with two attached hydrogens (primary N) is 1. The summed E-state index contributed by atoms with van der Waals surface area (Å²) in [5.41, 5.74) is 7.95. The molecular weight excluding hydrogens is 399 g/mol. The van der Waals surface area contributed by atoms with Gasteiger partial charge in [0, 0.05) is 24.2 Å². The largest absolute Gasteiger partial charge is 0.392 e. The molecule has 3 heterocycles. The van der Waals surface area contributed by atoms with E-state index in [0.29, 0.717) is 17.5 Å². The summed E-state index contributed by atoms with van der Waals surface area (Å²) >= 11 is 0. The van der Waals surface area contributed by atoms with Crippen molar-refractivity contribution in [2.24, 2.45) is 5.73 Å². The van der Waals surface area contributed by atoms with Gasteiger partial charge >= 0.3 is 0 Å². The van der Waals surface area contributed by atoms with Crippen molar-refractivity contribution >= 4 is 16.9 Å². The Balaban J connectivity index is 1.92. The van der Waals surface area contributed by atoms with Crippen LogP contribution in [0.2, 0.25) is 0 Å². The molecule has 0 saturated heterocycles. The molecule has 1 aromatic carbocycles. The van der Waals surface area contributed by atoms with Crippen LogP contribution in [0.15, 0.2) is 65.8 Å². The second-order valence-corrected chi connectivity index (χ2v) is 7.14. The van der Waals surface area contributed by atoms with Gasteiger partial charge in [0.1, 0.15) is 11.4 Å². The minimum Gasteiger partial charge on any atom is -0.392 e. The number of aliphatic hydroxyl groups excluding tert-OH is 1. The summed E-state index contributed by atoms with van der Waals surface area (Å²) in [7, 11) is 0. The van der Waals surface area contributed by atoms with Gasteiger partial charge in [-0.05, 0) is 53.4 Å². The Kier molecular flexibility index (Phi) is 5.55. The van der Waals surface area contributed by atoms with Crippen LogP contribution < -0.4 is 11.3 Å². The van der Waals surface area contributed by atoms with Crippen molar-refractivity contribution < 1.29 is 14.3 Å². The molecule has 0 aliphatic carbocycles. The van der Waals surface area contributed by atoms with Crippen LogP contribution in [0.4, 0.5) is 4.39 Å². The number of carbonyl (C=O) groups excluding carboxylic acids is 1. The minimum atomic E-state index is -0.920. The summed E-state index contributed by atoms with van der Waals surface area (Å²) in [6, 6.07) is 11.4. The third kappa shape index (κ3) is 4.06. The lowest BCUT2D eigenvalue weighted by atomic mass is 10.0. The van der Waals surface area contributed by atoms with Gasteiger partial charge in [0.25, 0.3) is 11.5 Å². The zero-order chi connectivity index (χ0) is 22.0. The highest BCUT2D eigenvalue weighted by atomic mass is 19.1. The van der Waals surface area contributed by atoms with Gasteiger partial charge in [-0.15, -0.1) is 0 Å². The fraction of sp³-hybridized carbons (Fsp3) is 0.130. The van der Waals surface area contributed by atoms with E-state index in [-0.39, 0.29) is 23.5 Å². The normalized spacial score (nSPS) is 11.0. The predicted octanol–water partition coefficient (Wildman–Crippen LogP) is 2.16. The van der Waals surface area contributed by atoms with E-state index in [4.69, 9.17) is 5.73 Å². The van der Waals surface area contributed by atoms with Crippen molar-refractivity contribution in [3.05, 3.63) is 105 Å². The molecule has 31 heavy (non-hydrogen) atoms. The molecule has 0 bridgehead atoms. The number of nitrogens with zero attached hydrogens (tertiary/aromatic N) is 3. The number of pyridine rings is 3. The minimum absolute atomic E-state index is 0.104. The lowest BCUT2D eigenvalue weighted by Crippen LogP contribution is -2.32. The number of carbonyl (C=O) groups is 1. The van der Waals surface area contributed by atoms with Crippen LogP contribution in [0.25, 0.3) is 11.0 Å². The van der Waals surface area contributed by atoms with Crippen LogP contribution in [0.1, 0.15) is 32.6 Å². The number of benzene rings is 1. The van der Waals surface area contributed by atoms with Crippen molar-refractivity contribution in [2.45, 2.75) is 19.6 Å². The monoisotopic (exact) mass is 418 g/mol. The average molecular weight is 418 g/mol. The number of hydrogen-bond donors (Lipinski definition) is 2.